The Morgan fingerprint density at radius 1 is 1.40 bits per heavy atom. The Bertz CT molecular complexity index is 613. The van der Waals surface area contributed by atoms with Gasteiger partial charge in [0, 0.05) is 11.7 Å². The van der Waals surface area contributed by atoms with E-state index in [1.807, 2.05) is 25.1 Å². The van der Waals surface area contributed by atoms with Crippen LogP contribution in [0.15, 0.2) is 18.2 Å². The molecule has 1 saturated carbocycles. The summed E-state index contributed by atoms with van der Waals surface area (Å²) in [7, 11) is 0. The van der Waals surface area contributed by atoms with Crippen LogP contribution in [0.1, 0.15) is 31.5 Å². The van der Waals surface area contributed by atoms with Crippen molar-refractivity contribution in [3.63, 3.8) is 0 Å². The monoisotopic (exact) mass is 272 g/mol. The second-order valence-electron chi connectivity index (χ2n) is 5.46. The Morgan fingerprint density at radius 3 is 3.00 bits per heavy atom. The van der Waals surface area contributed by atoms with Crippen LogP contribution in [0, 0.1) is 6.92 Å². The average Bonchev–Trinajstić information content (AvgIpc) is 3.04. The number of hydrogen-bond acceptors (Lipinski definition) is 3. The van der Waals surface area contributed by atoms with E-state index < -0.39 is 0 Å². The lowest BCUT2D eigenvalue weighted by Crippen LogP contribution is -2.34. The van der Waals surface area contributed by atoms with E-state index in [9.17, 15) is 4.79 Å². The zero-order valence-electron chi connectivity index (χ0n) is 11.7. The number of anilines is 1. The molecule has 0 aliphatic heterocycles. The van der Waals surface area contributed by atoms with E-state index in [4.69, 9.17) is 0 Å². The fourth-order valence-corrected chi connectivity index (χ4v) is 2.79. The quantitative estimate of drug-likeness (QED) is 0.800. The summed E-state index contributed by atoms with van der Waals surface area (Å²) in [5, 5.41) is 6.23. The molecule has 3 rings (SSSR count). The Balaban J connectivity index is 1.58. The van der Waals surface area contributed by atoms with Gasteiger partial charge in [-0.1, -0.05) is 12.8 Å². The number of rotatable bonds is 4. The van der Waals surface area contributed by atoms with E-state index >= 15 is 0 Å². The number of imidazole rings is 1. The van der Waals surface area contributed by atoms with Gasteiger partial charge in [0.15, 0.2) is 0 Å². The molecule has 1 aromatic heterocycles. The Kier molecular flexibility index (Phi) is 3.69. The van der Waals surface area contributed by atoms with Crippen molar-refractivity contribution in [3.8, 4) is 0 Å². The molecule has 0 unspecified atom stereocenters. The van der Waals surface area contributed by atoms with Crippen LogP contribution < -0.4 is 10.6 Å². The zero-order valence-corrected chi connectivity index (χ0v) is 11.7. The van der Waals surface area contributed by atoms with Crippen LogP contribution in [0.4, 0.5) is 5.69 Å². The maximum Gasteiger partial charge on any atom is 0.238 e. The first-order chi connectivity index (χ1) is 9.70. The number of fused-ring (bicyclic) bond motifs is 1. The van der Waals surface area contributed by atoms with Crippen LogP contribution in [0.2, 0.25) is 0 Å². The molecule has 106 valence electrons. The highest BCUT2D eigenvalue weighted by Gasteiger charge is 2.15. The maximum absolute atomic E-state index is 11.9. The number of nitrogens with zero attached hydrogens (tertiary/aromatic N) is 1. The van der Waals surface area contributed by atoms with Crippen LogP contribution in [-0.2, 0) is 4.79 Å². The van der Waals surface area contributed by atoms with Gasteiger partial charge >= 0.3 is 0 Å². The molecule has 5 heteroatoms. The fraction of sp³-hybridized carbons (Fsp3) is 0.467. The van der Waals surface area contributed by atoms with Crippen molar-refractivity contribution >= 4 is 22.6 Å². The molecule has 1 aromatic carbocycles. The summed E-state index contributed by atoms with van der Waals surface area (Å²) in [6.07, 6.45) is 4.92. The summed E-state index contributed by atoms with van der Waals surface area (Å²) >= 11 is 0. The maximum atomic E-state index is 11.9. The molecule has 1 aliphatic carbocycles. The van der Waals surface area contributed by atoms with Crippen LogP contribution in [0.25, 0.3) is 11.0 Å². The van der Waals surface area contributed by atoms with Crippen molar-refractivity contribution in [3.05, 3.63) is 24.0 Å². The minimum Gasteiger partial charge on any atom is -0.342 e. The van der Waals surface area contributed by atoms with Crippen molar-refractivity contribution in [1.82, 2.24) is 15.3 Å². The Labute approximate surface area is 118 Å². The SMILES string of the molecule is Cc1nc2ccc(NC(=O)CNC3CCCC3)cc2[nH]1. The van der Waals surface area contributed by atoms with Crippen molar-refractivity contribution in [1.29, 1.82) is 0 Å². The molecule has 2 aromatic rings. The second kappa shape index (κ2) is 5.63. The van der Waals surface area contributed by atoms with Crippen molar-refractivity contribution in [2.45, 2.75) is 38.6 Å². The first-order valence-electron chi connectivity index (χ1n) is 7.20. The number of H-pyrrole nitrogens is 1. The third-order valence-corrected chi connectivity index (χ3v) is 3.79. The minimum atomic E-state index is 0.00693. The summed E-state index contributed by atoms with van der Waals surface area (Å²) in [4.78, 5) is 19.4. The number of aryl methyl sites for hydroxylation is 1. The molecule has 3 N–H and O–H groups in total. The normalized spacial score (nSPS) is 15.8. The van der Waals surface area contributed by atoms with E-state index in [2.05, 4.69) is 20.6 Å². The second-order valence-corrected chi connectivity index (χ2v) is 5.46. The van der Waals surface area contributed by atoms with E-state index in [1.165, 1.54) is 25.7 Å². The Hall–Kier alpha value is -1.88. The molecular formula is C15H20N4O. The third-order valence-electron chi connectivity index (χ3n) is 3.79. The van der Waals surface area contributed by atoms with E-state index in [0.717, 1.165) is 22.5 Å². The number of carbonyl (C=O) groups excluding carboxylic acids is 1. The van der Waals surface area contributed by atoms with Gasteiger partial charge in [0.25, 0.3) is 0 Å². The van der Waals surface area contributed by atoms with Crippen LogP contribution in [0.5, 0.6) is 0 Å². The van der Waals surface area contributed by atoms with E-state index in [-0.39, 0.29) is 5.91 Å². The van der Waals surface area contributed by atoms with Gasteiger partial charge in [-0.15, -0.1) is 0 Å². The number of amides is 1. The molecule has 1 heterocycles. The van der Waals surface area contributed by atoms with Crippen LogP contribution in [0.3, 0.4) is 0 Å². The van der Waals surface area contributed by atoms with Gasteiger partial charge in [-0.2, -0.15) is 0 Å². The Morgan fingerprint density at radius 2 is 2.20 bits per heavy atom. The largest absolute Gasteiger partial charge is 0.342 e. The van der Waals surface area contributed by atoms with Gasteiger partial charge in [0.05, 0.1) is 17.6 Å². The van der Waals surface area contributed by atoms with Crippen LogP contribution in [-0.4, -0.2) is 28.5 Å². The molecule has 1 amide bonds. The fourth-order valence-electron chi connectivity index (χ4n) is 2.79. The zero-order chi connectivity index (χ0) is 13.9. The number of nitrogens with one attached hydrogen (secondary N) is 3. The van der Waals surface area contributed by atoms with Gasteiger partial charge < -0.3 is 15.6 Å². The molecule has 20 heavy (non-hydrogen) atoms. The predicted octanol–water partition coefficient (Wildman–Crippen LogP) is 2.34. The number of aromatic amines is 1. The number of carbonyl (C=O) groups is 1. The highest BCUT2D eigenvalue weighted by atomic mass is 16.1. The summed E-state index contributed by atoms with van der Waals surface area (Å²) in [6.45, 7) is 2.30. The lowest BCUT2D eigenvalue weighted by Gasteiger charge is -2.11. The van der Waals surface area contributed by atoms with Crippen molar-refractivity contribution in [2.24, 2.45) is 0 Å². The lowest BCUT2D eigenvalue weighted by molar-refractivity contribution is -0.115. The molecule has 1 aliphatic rings. The summed E-state index contributed by atoms with van der Waals surface area (Å²) in [5.74, 6) is 0.888. The molecule has 0 spiro atoms. The molecule has 0 radical (unpaired) electrons. The van der Waals surface area contributed by atoms with Gasteiger partial charge in [0.1, 0.15) is 5.82 Å². The topological polar surface area (TPSA) is 69.8 Å². The highest BCUT2D eigenvalue weighted by Crippen LogP contribution is 2.18. The smallest absolute Gasteiger partial charge is 0.238 e. The number of hydrogen-bond donors (Lipinski definition) is 3. The standard InChI is InChI=1S/C15H20N4O/c1-10-17-13-7-6-12(8-14(13)18-10)19-15(20)9-16-11-4-2-3-5-11/h6-8,11,16H,2-5,9H2,1H3,(H,17,18)(H,19,20). The molecule has 1 fully saturated rings. The van der Waals surface area contributed by atoms with Gasteiger partial charge in [-0.05, 0) is 38.0 Å². The summed E-state index contributed by atoms with van der Waals surface area (Å²) in [6, 6.07) is 6.23. The number of benzene rings is 1. The summed E-state index contributed by atoms with van der Waals surface area (Å²) in [5.41, 5.74) is 2.67. The van der Waals surface area contributed by atoms with Gasteiger partial charge in [0.2, 0.25) is 5.91 Å². The van der Waals surface area contributed by atoms with E-state index in [0.29, 0.717) is 12.6 Å². The van der Waals surface area contributed by atoms with Gasteiger partial charge in [-0.25, -0.2) is 4.98 Å². The minimum absolute atomic E-state index is 0.00693. The highest BCUT2D eigenvalue weighted by molar-refractivity contribution is 5.94. The predicted molar refractivity (Wildman–Crippen MR) is 79.7 cm³/mol. The van der Waals surface area contributed by atoms with Crippen molar-refractivity contribution < 1.29 is 4.79 Å². The molecule has 5 nitrogen and oxygen atoms in total. The lowest BCUT2D eigenvalue weighted by atomic mass is 10.2. The molecule has 0 atom stereocenters. The average molecular weight is 272 g/mol. The van der Waals surface area contributed by atoms with Crippen molar-refractivity contribution in [2.75, 3.05) is 11.9 Å². The first-order valence-corrected chi connectivity index (χ1v) is 7.20. The molecular weight excluding hydrogens is 252 g/mol. The molecule has 0 saturated heterocycles. The van der Waals surface area contributed by atoms with Crippen LogP contribution >= 0.6 is 0 Å². The number of aromatic nitrogens is 2. The molecule has 0 bridgehead atoms. The third kappa shape index (κ3) is 2.99. The van der Waals surface area contributed by atoms with E-state index in [1.54, 1.807) is 0 Å². The summed E-state index contributed by atoms with van der Waals surface area (Å²) < 4.78 is 0. The first kappa shape index (κ1) is 13.1. The van der Waals surface area contributed by atoms with Gasteiger partial charge in [-0.3, -0.25) is 4.79 Å².